The molecule has 0 aliphatic carbocycles. The van der Waals surface area contributed by atoms with E-state index in [0.29, 0.717) is 0 Å². The van der Waals surface area contributed by atoms with Gasteiger partial charge in [0.25, 0.3) is 0 Å². The number of hydrogen-bond acceptors (Lipinski definition) is 4. The first kappa shape index (κ1) is 16.9. The number of carbonyl (C=O) groups excluding carboxylic acids is 1. The molecule has 1 unspecified atom stereocenters. The van der Waals surface area contributed by atoms with E-state index in [4.69, 9.17) is 0 Å². The number of piperidine rings is 1. The Morgan fingerprint density at radius 3 is 3.00 bits per heavy atom. The van der Waals surface area contributed by atoms with E-state index in [0.717, 1.165) is 42.2 Å². The highest BCUT2D eigenvalue weighted by Gasteiger charge is 2.34. The lowest BCUT2D eigenvalue weighted by Gasteiger charge is -2.32. The number of aromatic nitrogens is 1. The summed E-state index contributed by atoms with van der Waals surface area (Å²) in [6.45, 7) is 3.77. The van der Waals surface area contributed by atoms with Gasteiger partial charge in [-0.25, -0.2) is 4.98 Å². The first-order valence-corrected chi connectivity index (χ1v) is 8.07. The van der Waals surface area contributed by atoms with Crippen LogP contribution in [-0.2, 0) is 4.79 Å². The van der Waals surface area contributed by atoms with Crippen LogP contribution in [0.25, 0.3) is 10.6 Å². The van der Waals surface area contributed by atoms with Gasteiger partial charge in [0.05, 0.1) is 5.41 Å². The summed E-state index contributed by atoms with van der Waals surface area (Å²) in [6.07, 6.45) is 3.76. The Hall–Kier alpha value is -1.43. The molecular formula is C16H20ClN3OS. The monoisotopic (exact) mass is 337 g/mol. The van der Waals surface area contributed by atoms with Crippen molar-refractivity contribution >= 4 is 35.3 Å². The van der Waals surface area contributed by atoms with E-state index in [9.17, 15) is 4.79 Å². The molecule has 1 aliphatic rings. The summed E-state index contributed by atoms with van der Waals surface area (Å²) in [5, 5.41) is 9.28. The van der Waals surface area contributed by atoms with E-state index in [1.54, 1.807) is 17.5 Å². The molecule has 1 aromatic carbocycles. The van der Waals surface area contributed by atoms with Gasteiger partial charge in [-0.1, -0.05) is 12.1 Å². The molecule has 1 amide bonds. The average molecular weight is 338 g/mol. The minimum absolute atomic E-state index is 0. The number of rotatable bonds is 3. The molecule has 1 fully saturated rings. The van der Waals surface area contributed by atoms with Crippen molar-refractivity contribution in [1.29, 1.82) is 0 Å². The highest BCUT2D eigenvalue weighted by Crippen LogP contribution is 2.29. The maximum Gasteiger partial charge on any atom is 0.231 e. The van der Waals surface area contributed by atoms with Crippen molar-refractivity contribution in [2.75, 3.05) is 18.4 Å². The van der Waals surface area contributed by atoms with Crippen molar-refractivity contribution in [2.24, 2.45) is 5.41 Å². The van der Waals surface area contributed by atoms with Gasteiger partial charge >= 0.3 is 0 Å². The molecule has 0 spiro atoms. The summed E-state index contributed by atoms with van der Waals surface area (Å²) < 4.78 is 0. The van der Waals surface area contributed by atoms with Crippen molar-refractivity contribution in [2.45, 2.75) is 19.8 Å². The molecule has 118 valence electrons. The van der Waals surface area contributed by atoms with Gasteiger partial charge in [-0.3, -0.25) is 4.79 Å². The highest BCUT2D eigenvalue weighted by atomic mass is 35.5. The third-order valence-electron chi connectivity index (χ3n) is 3.95. The van der Waals surface area contributed by atoms with Crippen molar-refractivity contribution in [3.05, 3.63) is 35.8 Å². The number of nitrogens with one attached hydrogen (secondary N) is 2. The van der Waals surface area contributed by atoms with E-state index >= 15 is 0 Å². The summed E-state index contributed by atoms with van der Waals surface area (Å²) in [5.74, 6) is 0.0889. The third kappa shape index (κ3) is 3.66. The van der Waals surface area contributed by atoms with E-state index in [1.807, 2.05) is 36.6 Å². The highest BCUT2D eigenvalue weighted by molar-refractivity contribution is 7.13. The van der Waals surface area contributed by atoms with Gasteiger partial charge in [-0.05, 0) is 38.4 Å². The Kier molecular flexibility index (Phi) is 5.56. The van der Waals surface area contributed by atoms with Crippen LogP contribution in [0.5, 0.6) is 0 Å². The van der Waals surface area contributed by atoms with Crippen molar-refractivity contribution in [3.63, 3.8) is 0 Å². The second kappa shape index (κ2) is 7.22. The Morgan fingerprint density at radius 1 is 1.45 bits per heavy atom. The first-order chi connectivity index (χ1) is 10.2. The van der Waals surface area contributed by atoms with Gasteiger partial charge in [0.1, 0.15) is 5.01 Å². The maximum absolute atomic E-state index is 12.5. The quantitative estimate of drug-likeness (QED) is 0.900. The Morgan fingerprint density at radius 2 is 2.32 bits per heavy atom. The van der Waals surface area contributed by atoms with Crippen molar-refractivity contribution in [3.8, 4) is 10.6 Å². The fourth-order valence-electron chi connectivity index (χ4n) is 2.63. The van der Waals surface area contributed by atoms with E-state index in [-0.39, 0.29) is 23.7 Å². The number of benzene rings is 1. The van der Waals surface area contributed by atoms with Gasteiger partial charge < -0.3 is 10.6 Å². The standard InChI is InChI=1S/C16H19N3OS.ClH/c1-16(6-3-7-17-11-16)15(20)19-13-5-2-4-12(10-13)14-18-8-9-21-14;/h2,4-5,8-10,17H,3,6-7,11H2,1H3,(H,19,20);1H. The third-order valence-corrected chi connectivity index (χ3v) is 4.77. The largest absolute Gasteiger partial charge is 0.326 e. The van der Waals surface area contributed by atoms with Crippen LogP contribution in [0.2, 0.25) is 0 Å². The van der Waals surface area contributed by atoms with Gasteiger partial charge in [0, 0.05) is 29.4 Å². The molecule has 22 heavy (non-hydrogen) atoms. The fourth-order valence-corrected chi connectivity index (χ4v) is 3.26. The number of nitrogens with zero attached hydrogens (tertiary/aromatic N) is 1. The molecular weight excluding hydrogens is 318 g/mol. The Balaban J connectivity index is 0.00000176. The Bertz CT molecular complexity index is 624. The number of carbonyl (C=O) groups is 1. The van der Waals surface area contributed by atoms with Crippen LogP contribution in [0.15, 0.2) is 35.8 Å². The van der Waals surface area contributed by atoms with Crippen LogP contribution in [0.4, 0.5) is 5.69 Å². The molecule has 6 heteroatoms. The Labute approximate surface area is 140 Å². The smallest absolute Gasteiger partial charge is 0.231 e. The lowest BCUT2D eigenvalue weighted by atomic mass is 9.82. The second-order valence-corrected chi connectivity index (χ2v) is 6.61. The number of anilines is 1. The fraction of sp³-hybridized carbons (Fsp3) is 0.375. The SMILES string of the molecule is CC1(C(=O)Nc2cccc(-c3nccs3)c2)CCCNC1.Cl. The van der Waals surface area contributed by atoms with Crippen LogP contribution in [0, 0.1) is 5.41 Å². The number of halogens is 1. The number of thiazole rings is 1. The zero-order valence-electron chi connectivity index (χ0n) is 12.5. The summed E-state index contributed by atoms with van der Waals surface area (Å²) >= 11 is 1.60. The zero-order chi connectivity index (χ0) is 14.7. The van der Waals surface area contributed by atoms with Crippen LogP contribution in [0.1, 0.15) is 19.8 Å². The maximum atomic E-state index is 12.5. The molecule has 2 heterocycles. The van der Waals surface area contributed by atoms with Crippen LogP contribution >= 0.6 is 23.7 Å². The molecule has 1 aromatic heterocycles. The normalized spacial score (nSPS) is 21.0. The van der Waals surface area contributed by atoms with Crippen LogP contribution in [0.3, 0.4) is 0 Å². The summed E-state index contributed by atoms with van der Waals surface area (Å²) in [5.41, 5.74) is 1.55. The first-order valence-electron chi connectivity index (χ1n) is 7.19. The molecule has 0 saturated carbocycles. The lowest BCUT2D eigenvalue weighted by Crippen LogP contribution is -2.46. The zero-order valence-corrected chi connectivity index (χ0v) is 14.1. The predicted molar refractivity (Wildman–Crippen MR) is 93.6 cm³/mol. The van der Waals surface area contributed by atoms with Crippen LogP contribution in [-0.4, -0.2) is 24.0 Å². The van der Waals surface area contributed by atoms with E-state index in [1.165, 1.54) is 0 Å². The average Bonchev–Trinajstić information content (AvgIpc) is 3.02. The van der Waals surface area contributed by atoms with Gasteiger partial charge in [0.15, 0.2) is 0 Å². The molecule has 1 atom stereocenters. The minimum Gasteiger partial charge on any atom is -0.326 e. The molecule has 0 bridgehead atoms. The molecule has 2 N–H and O–H groups in total. The molecule has 0 radical (unpaired) electrons. The summed E-state index contributed by atoms with van der Waals surface area (Å²) in [7, 11) is 0. The summed E-state index contributed by atoms with van der Waals surface area (Å²) in [4.78, 5) is 16.8. The molecule has 2 aromatic rings. The predicted octanol–water partition coefficient (Wildman–Crippen LogP) is 3.56. The summed E-state index contributed by atoms with van der Waals surface area (Å²) in [6, 6.07) is 7.87. The molecule has 3 rings (SSSR count). The van der Waals surface area contributed by atoms with Gasteiger partial charge in [-0.15, -0.1) is 23.7 Å². The van der Waals surface area contributed by atoms with Crippen molar-refractivity contribution < 1.29 is 4.79 Å². The van der Waals surface area contributed by atoms with E-state index < -0.39 is 0 Å². The van der Waals surface area contributed by atoms with Crippen LogP contribution < -0.4 is 10.6 Å². The number of amides is 1. The second-order valence-electron chi connectivity index (χ2n) is 5.71. The molecule has 1 saturated heterocycles. The van der Waals surface area contributed by atoms with Gasteiger partial charge in [0.2, 0.25) is 5.91 Å². The minimum atomic E-state index is -0.324. The van der Waals surface area contributed by atoms with Crippen molar-refractivity contribution in [1.82, 2.24) is 10.3 Å². The topological polar surface area (TPSA) is 54.0 Å². The molecule has 4 nitrogen and oxygen atoms in total. The lowest BCUT2D eigenvalue weighted by molar-refractivity contribution is -0.125. The van der Waals surface area contributed by atoms with E-state index in [2.05, 4.69) is 15.6 Å². The number of hydrogen-bond donors (Lipinski definition) is 2. The molecule has 1 aliphatic heterocycles. The van der Waals surface area contributed by atoms with Gasteiger partial charge in [-0.2, -0.15) is 0 Å².